The summed E-state index contributed by atoms with van der Waals surface area (Å²) >= 11 is 3.26. The third-order valence-electron chi connectivity index (χ3n) is 3.44. The van der Waals surface area contributed by atoms with Gasteiger partial charge in [0.1, 0.15) is 11.4 Å². The molecule has 1 aliphatic rings. The zero-order valence-electron chi connectivity index (χ0n) is 11.1. The van der Waals surface area contributed by atoms with E-state index in [2.05, 4.69) is 21.2 Å². The van der Waals surface area contributed by atoms with Gasteiger partial charge in [-0.2, -0.15) is 0 Å². The number of ether oxygens (including phenoxy) is 1. The molecule has 0 amide bonds. The normalized spacial score (nSPS) is 16.7. The minimum atomic E-state index is -0.377. The molecular weight excluding hydrogens is 336 g/mol. The number of fused-ring (bicyclic) bond motifs is 1. The maximum atomic E-state index is 11.2. The number of benzene rings is 2. The molecule has 0 aromatic heterocycles. The molecule has 0 fully saturated rings. The second-order valence-corrected chi connectivity index (χ2v) is 5.71. The number of halogens is 1. The molecule has 3 rings (SSSR count). The lowest BCUT2D eigenvalue weighted by Gasteiger charge is -2.27. The predicted octanol–water partition coefficient (Wildman–Crippen LogP) is 4.29. The molecule has 1 unspecified atom stereocenters. The number of nitro benzene ring substituents is 1. The van der Waals surface area contributed by atoms with Crippen molar-refractivity contribution in [3.8, 4) is 5.75 Å². The summed E-state index contributed by atoms with van der Waals surface area (Å²) in [6.07, 6.45) is 0.768. The molecule has 5 nitrogen and oxygen atoms in total. The number of nitrogens with zero attached hydrogens (tertiary/aromatic N) is 1. The predicted molar refractivity (Wildman–Crippen MR) is 83.7 cm³/mol. The molecule has 1 atom stereocenters. The lowest BCUT2D eigenvalue weighted by atomic mass is 10.00. The van der Waals surface area contributed by atoms with E-state index in [4.69, 9.17) is 4.74 Å². The molecule has 21 heavy (non-hydrogen) atoms. The fraction of sp³-hybridized carbons (Fsp3) is 0.200. The van der Waals surface area contributed by atoms with Crippen LogP contribution >= 0.6 is 15.9 Å². The first kappa shape index (κ1) is 13.9. The average molecular weight is 349 g/mol. The van der Waals surface area contributed by atoms with Crippen LogP contribution in [0.25, 0.3) is 0 Å². The Morgan fingerprint density at radius 3 is 2.90 bits per heavy atom. The lowest BCUT2D eigenvalue weighted by Crippen LogP contribution is -2.20. The summed E-state index contributed by atoms with van der Waals surface area (Å²) in [7, 11) is 0. The van der Waals surface area contributed by atoms with Crippen molar-refractivity contribution in [1.29, 1.82) is 0 Å². The van der Waals surface area contributed by atoms with Gasteiger partial charge in [0, 0.05) is 22.5 Å². The maximum absolute atomic E-state index is 11.2. The van der Waals surface area contributed by atoms with Crippen LogP contribution in [0.4, 0.5) is 11.4 Å². The molecule has 1 aliphatic heterocycles. The summed E-state index contributed by atoms with van der Waals surface area (Å²) in [6.45, 7) is 0.596. The first-order chi connectivity index (χ1) is 10.1. The molecule has 0 saturated carbocycles. The van der Waals surface area contributed by atoms with Crippen LogP contribution in [0.1, 0.15) is 18.0 Å². The maximum Gasteiger partial charge on any atom is 0.293 e. The highest BCUT2D eigenvalue weighted by Gasteiger charge is 2.23. The number of hydrogen-bond donors (Lipinski definition) is 1. The molecule has 0 radical (unpaired) electrons. The van der Waals surface area contributed by atoms with Gasteiger partial charge in [-0.05, 0) is 18.2 Å². The zero-order valence-corrected chi connectivity index (χ0v) is 12.7. The topological polar surface area (TPSA) is 64.4 Å². The van der Waals surface area contributed by atoms with Gasteiger partial charge in [-0.25, -0.2) is 0 Å². The highest BCUT2D eigenvalue weighted by atomic mass is 79.9. The lowest BCUT2D eigenvalue weighted by molar-refractivity contribution is -0.384. The standard InChI is InChI=1S/C15H13BrN2O3/c16-10-5-6-13(14(9-10)18(19)20)17-12-7-8-21-15-4-2-1-3-11(12)15/h1-6,9,12,17H,7-8H2. The van der Waals surface area contributed by atoms with Gasteiger partial charge in [-0.3, -0.25) is 10.1 Å². The average Bonchev–Trinajstić information content (AvgIpc) is 2.49. The zero-order chi connectivity index (χ0) is 14.8. The summed E-state index contributed by atoms with van der Waals surface area (Å²) in [6, 6.07) is 12.8. The summed E-state index contributed by atoms with van der Waals surface area (Å²) in [5.74, 6) is 0.834. The van der Waals surface area contributed by atoms with E-state index < -0.39 is 0 Å². The smallest absolute Gasteiger partial charge is 0.293 e. The molecule has 0 spiro atoms. The van der Waals surface area contributed by atoms with Crippen molar-refractivity contribution in [1.82, 2.24) is 0 Å². The van der Waals surface area contributed by atoms with Crippen LogP contribution in [0.3, 0.4) is 0 Å². The van der Waals surface area contributed by atoms with Gasteiger partial charge in [-0.15, -0.1) is 0 Å². The molecule has 2 aromatic carbocycles. The number of rotatable bonds is 3. The molecule has 1 heterocycles. The van der Waals surface area contributed by atoms with Crippen molar-refractivity contribution in [2.24, 2.45) is 0 Å². The highest BCUT2D eigenvalue weighted by molar-refractivity contribution is 9.10. The Morgan fingerprint density at radius 2 is 2.10 bits per heavy atom. The fourth-order valence-corrected chi connectivity index (χ4v) is 2.81. The van der Waals surface area contributed by atoms with Crippen LogP contribution < -0.4 is 10.1 Å². The Hall–Kier alpha value is -2.08. The van der Waals surface area contributed by atoms with Crippen molar-refractivity contribution in [3.63, 3.8) is 0 Å². The molecule has 0 saturated heterocycles. The Morgan fingerprint density at radius 1 is 1.29 bits per heavy atom. The van der Waals surface area contributed by atoms with Crippen LogP contribution in [-0.4, -0.2) is 11.5 Å². The third-order valence-corrected chi connectivity index (χ3v) is 3.94. The quantitative estimate of drug-likeness (QED) is 0.663. The van der Waals surface area contributed by atoms with Gasteiger partial charge in [0.2, 0.25) is 0 Å². The largest absolute Gasteiger partial charge is 0.493 e. The third kappa shape index (κ3) is 2.85. The Kier molecular flexibility index (Phi) is 3.79. The van der Waals surface area contributed by atoms with E-state index in [9.17, 15) is 10.1 Å². The van der Waals surface area contributed by atoms with Gasteiger partial charge in [0.05, 0.1) is 17.6 Å². The van der Waals surface area contributed by atoms with Crippen LogP contribution in [-0.2, 0) is 0 Å². The Bertz CT molecular complexity index is 690. The summed E-state index contributed by atoms with van der Waals surface area (Å²) < 4.78 is 6.29. The molecule has 2 aromatic rings. The van der Waals surface area contributed by atoms with Crippen LogP contribution in [0.5, 0.6) is 5.75 Å². The second-order valence-electron chi connectivity index (χ2n) is 4.79. The van der Waals surface area contributed by atoms with Gasteiger partial charge in [0.25, 0.3) is 5.69 Å². The van der Waals surface area contributed by atoms with E-state index in [1.165, 1.54) is 6.07 Å². The van der Waals surface area contributed by atoms with E-state index >= 15 is 0 Å². The number of anilines is 1. The van der Waals surface area contributed by atoms with Gasteiger partial charge in [0.15, 0.2) is 0 Å². The van der Waals surface area contributed by atoms with Crippen LogP contribution in [0, 0.1) is 10.1 Å². The minimum Gasteiger partial charge on any atom is -0.493 e. The van der Waals surface area contributed by atoms with E-state index in [1.54, 1.807) is 12.1 Å². The van der Waals surface area contributed by atoms with Gasteiger partial charge in [-0.1, -0.05) is 34.1 Å². The Balaban J connectivity index is 1.93. The Labute approximate surface area is 130 Å². The van der Waals surface area contributed by atoms with E-state index in [0.717, 1.165) is 17.7 Å². The molecule has 0 aliphatic carbocycles. The van der Waals surface area contributed by atoms with Gasteiger partial charge < -0.3 is 10.1 Å². The van der Waals surface area contributed by atoms with Crippen molar-refractivity contribution in [3.05, 3.63) is 62.6 Å². The van der Waals surface area contributed by atoms with Crippen molar-refractivity contribution in [2.75, 3.05) is 11.9 Å². The van der Waals surface area contributed by atoms with Crippen molar-refractivity contribution in [2.45, 2.75) is 12.5 Å². The molecule has 108 valence electrons. The number of hydrogen-bond acceptors (Lipinski definition) is 4. The highest BCUT2D eigenvalue weighted by Crippen LogP contribution is 2.37. The molecule has 0 bridgehead atoms. The summed E-state index contributed by atoms with van der Waals surface area (Å²) in [5.41, 5.74) is 1.61. The monoisotopic (exact) mass is 348 g/mol. The fourth-order valence-electron chi connectivity index (χ4n) is 2.46. The number of nitro groups is 1. The first-order valence-electron chi connectivity index (χ1n) is 6.57. The van der Waals surface area contributed by atoms with Crippen molar-refractivity contribution >= 4 is 27.3 Å². The number of nitrogens with one attached hydrogen (secondary N) is 1. The molecular formula is C15H13BrN2O3. The van der Waals surface area contributed by atoms with Crippen LogP contribution in [0.2, 0.25) is 0 Å². The SMILES string of the molecule is O=[N+]([O-])c1cc(Br)ccc1NC1CCOc2ccccc21. The molecule has 1 N–H and O–H groups in total. The first-order valence-corrected chi connectivity index (χ1v) is 7.36. The second kappa shape index (κ2) is 5.73. The van der Waals surface area contributed by atoms with E-state index in [-0.39, 0.29) is 16.7 Å². The minimum absolute atomic E-state index is 0.00910. The summed E-state index contributed by atoms with van der Waals surface area (Å²) in [5, 5.41) is 14.5. The van der Waals surface area contributed by atoms with E-state index in [0.29, 0.717) is 16.8 Å². The van der Waals surface area contributed by atoms with Crippen LogP contribution in [0.15, 0.2) is 46.9 Å². The number of para-hydroxylation sites is 1. The van der Waals surface area contributed by atoms with Gasteiger partial charge >= 0.3 is 0 Å². The molecule has 6 heteroatoms. The van der Waals surface area contributed by atoms with E-state index in [1.807, 2.05) is 24.3 Å². The summed E-state index contributed by atoms with van der Waals surface area (Å²) in [4.78, 5) is 10.8. The van der Waals surface area contributed by atoms with Crippen molar-refractivity contribution < 1.29 is 9.66 Å².